The molecular weight excluding hydrogens is 166 g/mol. The SMILES string of the molecule is CCOC(=O)C(C)(C)C(N)C(C)C. The molecule has 3 heteroatoms. The minimum atomic E-state index is -0.593. The molecule has 3 nitrogen and oxygen atoms in total. The predicted octanol–water partition coefficient (Wildman–Crippen LogP) is 1.56. The summed E-state index contributed by atoms with van der Waals surface area (Å²) in [5, 5.41) is 0. The Labute approximate surface area is 80.6 Å². The van der Waals surface area contributed by atoms with Crippen LogP contribution in [0.3, 0.4) is 0 Å². The Bertz CT molecular complexity index is 176. The lowest BCUT2D eigenvalue weighted by Crippen LogP contribution is -2.47. The Morgan fingerprint density at radius 2 is 1.92 bits per heavy atom. The molecule has 0 heterocycles. The molecule has 0 rings (SSSR count). The van der Waals surface area contributed by atoms with Crippen molar-refractivity contribution < 1.29 is 9.53 Å². The van der Waals surface area contributed by atoms with Crippen LogP contribution < -0.4 is 5.73 Å². The Morgan fingerprint density at radius 3 is 2.23 bits per heavy atom. The van der Waals surface area contributed by atoms with E-state index in [9.17, 15) is 4.79 Å². The van der Waals surface area contributed by atoms with E-state index in [1.807, 2.05) is 27.7 Å². The molecule has 0 fully saturated rings. The van der Waals surface area contributed by atoms with Crippen LogP contribution in [0.15, 0.2) is 0 Å². The summed E-state index contributed by atoms with van der Waals surface area (Å²) in [6.45, 7) is 9.88. The zero-order valence-corrected chi connectivity index (χ0v) is 9.26. The molecule has 78 valence electrons. The normalized spacial score (nSPS) is 14.4. The molecule has 0 amide bonds. The van der Waals surface area contributed by atoms with Crippen molar-refractivity contribution in [3.63, 3.8) is 0 Å². The Morgan fingerprint density at radius 1 is 1.46 bits per heavy atom. The van der Waals surface area contributed by atoms with E-state index in [4.69, 9.17) is 10.5 Å². The lowest BCUT2D eigenvalue weighted by atomic mass is 9.79. The highest BCUT2D eigenvalue weighted by Crippen LogP contribution is 2.25. The number of hydrogen-bond donors (Lipinski definition) is 1. The second-order valence-corrected chi connectivity index (χ2v) is 4.21. The average molecular weight is 187 g/mol. The largest absolute Gasteiger partial charge is 0.466 e. The van der Waals surface area contributed by atoms with E-state index in [2.05, 4.69) is 0 Å². The van der Waals surface area contributed by atoms with E-state index < -0.39 is 5.41 Å². The molecule has 0 aromatic carbocycles. The van der Waals surface area contributed by atoms with Gasteiger partial charge in [-0.05, 0) is 26.7 Å². The van der Waals surface area contributed by atoms with Gasteiger partial charge in [-0.25, -0.2) is 0 Å². The van der Waals surface area contributed by atoms with Gasteiger partial charge < -0.3 is 10.5 Å². The smallest absolute Gasteiger partial charge is 0.313 e. The van der Waals surface area contributed by atoms with E-state index in [1.165, 1.54) is 0 Å². The summed E-state index contributed by atoms with van der Waals surface area (Å²) < 4.78 is 4.96. The minimum Gasteiger partial charge on any atom is -0.466 e. The van der Waals surface area contributed by atoms with Crippen LogP contribution in [0.2, 0.25) is 0 Å². The van der Waals surface area contributed by atoms with Crippen molar-refractivity contribution >= 4 is 5.97 Å². The van der Waals surface area contributed by atoms with Crippen LogP contribution in [-0.2, 0) is 9.53 Å². The number of hydrogen-bond acceptors (Lipinski definition) is 3. The second kappa shape index (κ2) is 4.61. The molecule has 0 saturated heterocycles. The summed E-state index contributed by atoms with van der Waals surface area (Å²) in [6, 6.07) is -0.161. The topological polar surface area (TPSA) is 52.3 Å². The van der Waals surface area contributed by atoms with Crippen LogP contribution in [-0.4, -0.2) is 18.6 Å². The number of nitrogens with two attached hydrogens (primary N) is 1. The fourth-order valence-electron chi connectivity index (χ4n) is 1.29. The first-order valence-electron chi connectivity index (χ1n) is 4.76. The highest BCUT2D eigenvalue weighted by atomic mass is 16.5. The van der Waals surface area contributed by atoms with Crippen molar-refractivity contribution in [3.05, 3.63) is 0 Å². The number of ether oxygens (including phenoxy) is 1. The summed E-state index contributed by atoms with van der Waals surface area (Å²) in [4.78, 5) is 11.5. The number of esters is 1. The first kappa shape index (κ1) is 12.4. The highest BCUT2D eigenvalue weighted by Gasteiger charge is 2.37. The third-order valence-corrected chi connectivity index (χ3v) is 2.35. The zero-order valence-electron chi connectivity index (χ0n) is 9.26. The first-order chi connectivity index (χ1) is 5.84. The van der Waals surface area contributed by atoms with Crippen LogP contribution in [0.1, 0.15) is 34.6 Å². The molecule has 0 spiro atoms. The van der Waals surface area contributed by atoms with Gasteiger partial charge >= 0.3 is 5.97 Å². The van der Waals surface area contributed by atoms with Gasteiger partial charge in [-0.15, -0.1) is 0 Å². The fraction of sp³-hybridized carbons (Fsp3) is 0.900. The summed E-state index contributed by atoms with van der Waals surface area (Å²) in [6.07, 6.45) is 0. The van der Waals surface area contributed by atoms with Crippen molar-refractivity contribution in [1.29, 1.82) is 0 Å². The van der Waals surface area contributed by atoms with Crippen LogP contribution >= 0.6 is 0 Å². The van der Waals surface area contributed by atoms with Crippen molar-refractivity contribution in [2.45, 2.75) is 40.7 Å². The molecule has 0 aromatic rings. The Balaban J connectivity index is 4.45. The summed E-state index contributed by atoms with van der Waals surface area (Å²) in [5.41, 5.74) is 5.33. The molecule has 1 unspecified atom stereocenters. The van der Waals surface area contributed by atoms with Crippen molar-refractivity contribution in [2.75, 3.05) is 6.61 Å². The minimum absolute atomic E-state index is 0.161. The molecule has 0 saturated carbocycles. The van der Waals surface area contributed by atoms with Gasteiger partial charge in [0.15, 0.2) is 0 Å². The van der Waals surface area contributed by atoms with E-state index in [1.54, 1.807) is 6.92 Å². The fourth-order valence-corrected chi connectivity index (χ4v) is 1.29. The molecule has 0 bridgehead atoms. The van der Waals surface area contributed by atoms with Gasteiger partial charge in [0.2, 0.25) is 0 Å². The Hall–Kier alpha value is -0.570. The van der Waals surface area contributed by atoms with E-state index in [0.29, 0.717) is 6.61 Å². The zero-order chi connectivity index (χ0) is 10.6. The lowest BCUT2D eigenvalue weighted by molar-refractivity contribution is -0.155. The number of rotatable bonds is 4. The van der Waals surface area contributed by atoms with Crippen LogP contribution in [0.4, 0.5) is 0 Å². The van der Waals surface area contributed by atoms with Gasteiger partial charge in [0.25, 0.3) is 0 Å². The van der Waals surface area contributed by atoms with Crippen molar-refractivity contribution in [1.82, 2.24) is 0 Å². The van der Waals surface area contributed by atoms with Crippen LogP contribution in [0.5, 0.6) is 0 Å². The maximum absolute atomic E-state index is 11.5. The molecule has 0 aliphatic rings. The van der Waals surface area contributed by atoms with E-state index >= 15 is 0 Å². The van der Waals surface area contributed by atoms with Gasteiger partial charge in [0, 0.05) is 6.04 Å². The molecule has 1 atom stereocenters. The maximum Gasteiger partial charge on any atom is 0.313 e. The number of carbonyl (C=O) groups excluding carboxylic acids is 1. The highest BCUT2D eigenvalue weighted by molar-refractivity contribution is 5.76. The average Bonchev–Trinajstić information content (AvgIpc) is 2.03. The monoisotopic (exact) mass is 187 g/mol. The standard InChI is InChI=1S/C10H21NO2/c1-6-13-9(12)10(4,5)8(11)7(2)3/h7-8H,6,11H2,1-5H3. The Kier molecular flexibility index (Phi) is 4.40. The van der Waals surface area contributed by atoms with Gasteiger partial charge in [0.1, 0.15) is 0 Å². The van der Waals surface area contributed by atoms with E-state index in [-0.39, 0.29) is 17.9 Å². The van der Waals surface area contributed by atoms with Gasteiger partial charge in [-0.2, -0.15) is 0 Å². The predicted molar refractivity (Wildman–Crippen MR) is 53.2 cm³/mol. The molecule has 0 aliphatic heterocycles. The van der Waals surface area contributed by atoms with Gasteiger partial charge in [-0.3, -0.25) is 4.79 Å². The first-order valence-corrected chi connectivity index (χ1v) is 4.76. The van der Waals surface area contributed by atoms with Crippen LogP contribution in [0, 0.1) is 11.3 Å². The molecule has 2 N–H and O–H groups in total. The molecule has 13 heavy (non-hydrogen) atoms. The number of carbonyl (C=O) groups is 1. The third kappa shape index (κ3) is 2.99. The molecule has 0 radical (unpaired) electrons. The molecular formula is C10H21NO2. The van der Waals surface area contributed by atoms with E-state index in [0.717, 1.165) is 0 Å². The molecule has 0 aliphatic carbocycles. The quantitative estimate of drug-likeness (QED) is 0.679. The molecule has 0 aromatic heterocycles. The second-order valence-electron chi connectivity index (χ2n) is 4.21. The summed E-state index contributed by atoms with van der Waals surface area (Å²) >= 11 is 0. The van der Waals surface area contributed by atoms with Crippen LogP contribution in [0.25, 0.3) is 0 Å². The third-order valence-electron chi connectivity index (χ3n) is 2.35. The van der Waals surface area contributed by atoms with Crippen molar-refractivity contribution in [3.8, 4) is 0 Å². The lowest BCUT2D eigenvalue weighted by Gasteiger charge is -2.31. The van der Waals surface area contributed by atoms with Gasteiger partial charge in [0.05, 0.1) is 12.0 Å². The maximum atomic E-state index is 11.5. The van der Waals surface area contributed by atoms with Crippen molar-refractivity contribution in [2.24, 2.45) is 17.1 Å². The summed E-state index contributed by atoms with van der Waals surface area (Å²) in [7, 11) is 0. The van der Waals surface area contributed by atoms with Gasteiger partial charge in [-0.1, -0.05) is 13.8 Å². The summed E-state index contributed by atoms with van der Waals surface area (Å²) in [5.74, 6) is 0.0654.